The molecule has 0 spiro atoms. The summed E-state index contributed by atoms with van der Waals surface area (Å²) in [6.07, 6.45) is 1.03. The summed E-state index contributed by atoms with van der Waals surface area (Å²) in [4.78, 5) is 0. The first kappa shape index (κ1) is 14.0. The summed E-state index contributed by atoms with van der Waals surface area (Å²) in [5, 5.41) is 0. The summed E-state index contributed by atoms with van der Waals surface area (Å²) >= 11 is 0. The molecule has 2 heteroatoms. The minimum Gasteiger partial charge on any atom is -0.493 e. The molecule has 0 amide bonds. The molecule has 0 aliphatic carbocycles. The highest BCUT2D eigenvalue weighted by Crippen LogP contribution is 2.31. The van der Waals surface area contributed by atoms with Gasteiger partial charge >= 0.3 is 0 Å². The molecule has 1 rings (SSSR count). The molecule has 0 fully saturated rings. The van der Waals surface area contributed by atoms with Gasteiger partial charge in [-0.2, -0.15) is 0 Å². The molecule has 0 saturated carbocycles. The number of nitrogens with two attached hydrogens (primary N) is 1. The molecule has 1 unspecified atom stereocenters. The molecular weight excluding hydrogens is 210 g/mol. The smallest absolute Gasteiger partial charge is 0.123 e. The van der Waals surface area contributed by atoms with Crippen LogP contribution in [0.5, 0.6) is 5.75 Å². The van der Waals surface area contributed by atoms with Gasteiger partial charge in [0.25, 0.3) is 0 Å². The van der Waals surface area contributed by atoms with Gasteiger partial charge in [-0.15, -0.1) is 0 Å². The van der Waals surface area contributed by atoms with E-state index in [1.807, 2.05) is 6.92 Å². The number of benzene rings is 1. The zero-order valence-corrected chi connectivity index (χ0v) is 11.7. The van der Waals surface area contributed by atoms with Crippen LogP contribution in [0.3, 0.4) is 0 Å². The van der Waals surface area contributed by atoms with Crippen molar-refractivity contribution in [2.45, 2.75) is 53.0 Å². The highest BCUT2D eigenvalue weighted by molar-refractivity contribution is 5.44. The molecule has 0 bridgehead atoms. The molecule has 0 aliphatic heterocycles. The Hall–Kier alpha value is -1.02. The monoisotopic (exact) mass is 235 g/mol. The normalized spacial score (nSPS) is 12.9. The Morgan fingerprint density at radius 2 is 1.82 bits per heavy atom. The first-order chi connectivity index (χ1) is 7.97. The lowest BCUT2D eigenvalue weighted by molar-refractivity contribution is 0.312. The molecule has 1 aromatic carbocycles. The Kier molecular flexibility index (Phi) is 5.01. The predicted molar refractivity (Wildman–Crippen MR) is 73.7 cm³/mol. The van der Waals surface area contributed by atoms with E-state index < -0.39 is 0 Å². The highest BCUT2D eigenvalue weighted by atomic mass is 16.5. The SMILES string of the molecule is CCCOc1cc(C)c(C(C)N)cc1C(C)C. The van der Waals surface area contributed by atoms with Gasteiger partial charge in [-0.25, -0.2) is 0 Å². The lowest BCUT2D eigenvalue weighted by Crippen LogP contribution is -2.09. The van der Waals surface area contributed by atoms with Gasteiger partial charge in [0.2, 0.25) is 0 Å². The predicted octanol–water partition coefficient (Wildman–Crippen LogP) is 3.93. The summed E-state index contributed by atoms with van der Waals surface area (Å²) in [5.41, 5.74) is 9.69. The van der Waals surface area contributed by atoms with E-state index in [-0.39, 0.29) is 6.04 Å². The molecule has 1 atom stereocenters. The number of aryl methyl sites for hydroxylation is 1. The fraction of sp³-hybridized carbons (Fsp3) is 0.600. The van der Waals surface area contributed by atoms with Crippen LogP contribution in [-0.4, -0.2) is 6.61 Å². The third kappa shape index (κ3) is 3.47. The second-order valence-electron chi connectivity index (χ2n) is 5.04. The third-order valence-electron chi connectivity index (χ3n) is 2.97. The summed E-state index contributed by atoms with van der Waals surface area (Å²) < 4.78 is 5.82. The van der Waals surface area contributed by atoms with Crippen molar-refractivity contribution in [1.82, 2.24) is 0 Å². The number of hydrogen-bond donors (Lipinski definition) is 1. The molecule has 0 aromatic heterocycles. The zero-order valence-electron chi connectivity index (χ0n) is 11.7. The zero-order chi connectivity index (χ0) is 13.0. The molecule has 17 heavy (non-hydrogen) atoms. The van der Waals surface area contributed by atoms with E-state index in [9.17, 15) is 0 Å². The van der Waals surface area contributed by atoms with Crippen LogP contribution in [-0.2, 0) is 0 Å². The summed E-state index contributed by atoms with van der Waals surface area (Å²) in [6.45, 7) is 11.4. The van der Waals surface area contributed by atoms with Crippen LogP contribution in [0.4, 0.5) is 0 Å². The van der Waals surface area contributed by atoms with Crippen LogP contribution < -0.4 is 10.5 Å². The van der Waals surface area contributed by atoms with Gasteiger partial charge in [-0.3, -0.25) is 0 Å². The highest BCUT2D eigenvalue weighted by Gasteiger charge is 2.13. The molecule has 2 N–H and O–H groups in total. The molecule has 2 nitrogen and oxygen atoms in total. The number of ether oxygens (including phenoxy) is 1. The third-order valence-corrected chi connectivity index (χ3v) is 2.97. The van der Waals surface area contributed by atoms with Crippen LogP contribution >= 0.6 is 0 Å². The molecule has 0 aliphatic rings. The standard InChI is InChI=1S/C15H25NO/c1-6-7-17-15-8-11(4)14(12(5)16)9-13(15)10(2)3/h8-10,12H,6-7,16H2,1-5H3. The average Bonchev–Trinajstić information content (AvgIpc) is 2.25. The molecule has 0 saturated heterocycles. The van der Waals surface area contributed by atoms with Gasteiger partial charge in [-0.05, 0) is 48.9 Å². The summed E-state index contributed by atoms with van der Waals surface area (Å²) in [5.74, 6) is 1.48. The first-order valence-electron chi connectivity index (χ1n) is 6.50. The molecule has 96 valence electrons. The average molecular weight is 235 g/mol. The second-order valence-corrected chi connectivity index (χ2v) is 5.04. The summed E-state index contributed by atoms with van der Waals surface area (Å²) in [6, 6.07) is 4.41. The Morgan fingerprint density at radius 1 is 1.18 bits per heavy atom. The van der Waals surface area contributed by atoms with Crippen molar-refractivity contribution >= 4 is 0 Å². The Labute approximate surface area is 105 Å². The maximum absolute atomic E-state index is 5.99. The lowest BCUT2D eigenvalue weighted by Gasteiger charge is -2.19. The summed E-state index contributed by atoms with van der Waals surface area (Å²) in [7, 11) is 0. The van der Waals surface area contributed by atoms with Crippen LogP contribution in [0, 0.1) is 6.92 Å². The van der Waals surface area contributed by atoms with Crippen molar-refractivity contribution < 1.29 is 4.74 Å². The minimum absolute atomic E-state index is 0.0766. The Balaban J connectivity index is 3.16. The van der Waals surface area contributed by atoms with Gasteiger partial charge in [0, 0.05) is 6.04 Å². The van der Waals surface area contributed by atoms with Crippen molar-refractivity contribution in [2.75, 3.05) is 6.61 Å². The Morgan fingerprint density at radius 3 is 2.29 bits per heavy atom. The van der Waals surface area contributed by atoms with Gasteiger partial charge in [0.15, 0.2) is 0 Å². The van der Waals surface area contributed by atoms with Crippen molar-refractivity contribution in [1.29, 1.82) is 0 Å². The van der Waals surface area contributed by atoms with Crippen LogP contribution in [0.25, 0.3) is 0 Å². The number of hydrogen-bond acceptors (Lipinski definition) is 2. The lowest BCUT2D eigenvalue weighted by atomic mass is 9.94. The van der Waals surface area contributed by atoms with E-state index in [4.69, 9.17) is 10.5 Å². The van der Waals surface area contributed by atoms with Crippen LogP contribution in [0.15, 0.2) is 12.1 Å². The fourth-order valence-electron chi connectivity index (χ4n) is 1.99. The van der Waals surface area contributed by atoms with Crippen LogP contribution in [0.2, 0.25) is 0 Å². The van der Waals surface area contributed by atoms with Gasteiger partial charge in [-0.1, -0.05) is 26.8 Å². The number of rotatable bonds is 5. The fourth-order valence-corrected chi connectivity index (χ4v) is 1.99. The Bertz CT molecular complexity index is 369. The molecular formula is C15H25NO. The topological polar surface area (TPSA) is 35.2 Å². The largest absolute Gasteiger partial charge is 0.493 e. The van der Waals surface area contributed by atoms with E-state index in [2.05, 4.69) is 39.8 Å². The minimum atomic E-state index is 0.0766. The first-order valence-corrected chi connectivity index (χ1v) is 6.50. The van der Waals surface area contributed by atoms with E-state index in [1.54, 1.807) is 0 Å². The molecule has 0 heterocycles. The van der Waals surface area contributed by atoms with Gasteiger partial charge in [0.05, 0.1) is 6.61 Å². The molecule has 0 radical (unpaired) electrons. The maximum atomic E-state index is 5.99. The van der Waals surface area contributed by atoms with Gasteiger partial charge < -0.3 is 10.5 Å². The van der Waals surface area contributed by atoms with Crippen molar-refractivity contribution in [2.24, 2.45) is 5.73 Å². The van der Waals surface area contributed by atoms with Crippen LogP contribution in [0.1, 0.15) is 62.8 Å². The van der Waals surface area contributed by atoms with E-state index in [0.29, 0.717) is 5.92 Å². The molecule has 1 aromatic rings. The van der Waals surface area contributed by atoms with Crippen molar-refractivity contribution in [3.05, 3.63) is 28.8 Å². The second kappa shape index (κ2) is 6.06. The quantitative estimate of drug-likeness (QED) is 0.839. The van der Waals surface area contributed by atoms with E-state index in [0.717, 1.165) is 18.8 Å². The van der Waals surface area contributed by atoms with Gasteiger partial charge in [0.1, 0.15) is 5.75 Å². The van der Waals surface area contributed by atoms with E-state index >= 15 is 0 Å². The maximum Gasteiger partial charge on any atom is 0.123 e. The van der Waals surface area contributed by atoms with Crippen molar-refractivity contribution in [3.8, 4) is 5.75 Å². The van der Waals surface area contributed by atoms with E-state index in [1.165, 1.54) is 16.7 Å². The van der Waals surface area contributed by atoms with Crippen molar-refractivity contribution in [3.63, 3.8) is 0 Å².